The van der Waals surface area contributed by atoms with Crippen LogP contribution < -0.4 is 5.32 Å². The maximum Gasteiger partial charge on any atom is 0.0443 e. The molecule has 0 aromatic heterocycles. The summed E-state index contributed by atoms with van der Waals surface area (Å²) in [6, 6.07) is 0. The molecular formula is C7H18N2O. The highest BCUT2D eigenvalue weighted by atomic mass is 16.3. The summed E-state index contributed by atoms with van der Waals surface area (Å²) in [6.07, 6.45) is 0.855. The molecule has 0 radical (unpaired) electrons. The van der Waals surface area contributed by atoms with E-state index in [4.69, 9.17) is 5.11 Å². The van der Waals surface area contributed by atoms with Crippen LogP contribution in [0, 0.1) is 0 Å². The van der Waals surface area contributed by atoms with Crippen molar-refractivity contribution in [3.8, 4) is 0 Å². The van der Waals surface area contributed by atoms with Crippen molar-refractivity contribution in [1.82, 2.24) is 10.2 Å². The molecule has 62 valence electrons. The van der Waals surface area contributed by atoms with Gasteiger partial charge in [0.05, 0.1) is 0 Å². The standard InChI is InChI=1S/C7H18N2O/c1-9(2)6-5-8-4-3-7-10/h8,10H,3-7H2,1-2H3. The van der Waals surface area contributed by atoms with Crippen molar-refractivity contribution in [2.75, 3.05) is 40.3 Å². The Morgan fingerprint density at radius 3 is 2.50 bits per heavy atom. The second-order valence-electron chi connectivity index (χ2n) is 2.63. The smallest absolute Gasteiger partial charge is 0.0443 e. The molecule has 0 aliphatic heterocycles. The molecule has 0 aliphatic carbocycles. The Morgan fingerprint density at radius 2 is 2.00 bits per heavy atom. The van der Waals surface area contributed by atoms with E-state index in [1.165, 1.54) is 0 Å². The third-order valence-corrected chi connectivity index (χ3v) is 1.25. The fourth-order valence-electron chi connectivity index (χ4n) is 0.632. The highest BCUT2D eigenvalue weighted by molar-refractivity contribution is 4.49. The van der Waals surface area contributed by atoms with Gasteiger partial charge in [-0.25, -0.2) is 0 Å². The highest BCUT2D eigenvalue weighted by Crippen LogP contribution is 1.73. The summed E-state index contributed by atoms with van der Waals surface area (Å²) >= 11 is 0. The molecule has 0 saturated heterocycles. The molecule has 0 unspecified atom stereocenters. The van der Waals surface area contributed by atoms with E-state index in [-0.39, 0.29) is 6.61 Å². The van der Waals surface area contributed by atoms with Gasteiger partial charge in [0.1, 0.15) is 0 Å². The summed E-state index contributed by atoms with van der Waals surface area (Å²) in [6.45, 7) is 3.28. The van der Waals surface area contributed by atoms with E-state index in [9.17, 15) is 0 Å². The number of hydrogen-bond donors (Lipinski definition) is 2. The molecule has 0 aromatic rings. The van der Waals surface area contributed by atoms with Crippen LogP contribution in [0.1, 0.15) is 6.42 Å². The molecule has 0 fully saturated rings. The number of nitrogens with one attached hydrogen (secondary N) is 1. The lowest BCUT2D eigenvalue weighted by Gasteiger charge is -2.09. The number of rotatable bonds is 6. The summed E-state index contributed by atoms with van der Waals surface area (Å²) in [5.41, 5.74) is 0. The average Bonchev–Trinajstić information content (AvgIpc) is 1.87. The first-order valence-electron chi connectivity index (χ1n) is 3.73. The van der Waals surface area contributed by atoms with Crippen molar-refractivity contribution >= 4 is 0 Å². The van der Waals surface area contributed by atoms with Crippen molar-refractivity contribution in [3.63, 3.8) is 0 Å². The summed E-state index contributed by atoms with van der Waals surface area (Å²) in [5, 5.41) is 11.6. The molecule has 0 saturated carbocycles. The summed E-state index contributed by atoms with van der Waals surface area (Å²) in [4.78, 5) is 2.13. The van der Waals surface area contributed by atoms with Gasteiger partial charge in [0, 0.05) is 19.7 Å². The monoisotopic (exact) mass is 146 g/mol. The van der Waals surface area contributed by atoms with Crippen molar-refractivity contribution < 1.29 is 5.11 Å². The van der Waals surface area contributed by atoms with Gasteiger partial charge in [0.2, 0.25) is 0 Å². The van der Waals surface area contributed by atoms with Crippen molar-refractivity contribution in [3.05, 3.63) is 0 Å². The predicted molar refractivity (Wildman–Crippen MR) is 43.1 cm³/mol. The van der Waals surface area contributed by atoms with E-state index < -0.39 is 0 Å². The number of likely N-dealkylation sites (N-methyl/N-ethyl adjacent to an activating group) is 1. The highest BCUT2D eigenvalue weighted by Gasteiger charge is 1.88. The van der Waals surface area contributed by atoms with Crippen LogP contribution in [0.2, 0.25) is 0 Å². The Kier molecular flexibility index (Phi) is 6.91. The van der Waals surface area contributed by atoms with Gasteiger partial charge in [-0.2, -0.15) is 0 Å². The second-order valence-corrected chi connectivity index (χ2v) is 2.63. The lowest BCUT2D eigenvalue weighted by molar-refractivity contribution is 0.284. The minimum Gasteiger partial charge on any atom is -0.396 e. The zero-order chi connectivity index (χ0) is 7.82. The van der Waals surface area contributed by atoms with Crippen molar-refractivity contribution in [1.29, 1.82) is 0 Å². The van der Waals surface area contributed by atoms with E-state index in [1.807, 2.05) is 14.1 Å². The summed E-state index contributed by atoms with van der Waals surface area (Å²) in [7, 11) is 4.10. The molecule has 0 amide bonds. The van der Waals surface area contributed by atoms with Crippen LogP contribution >= 0.6 is 0 Å². The largest absolute Gasteiger partial charge is 0.396 e. The van der Waals surface area contributed by atoms with Crippen LogP contribution in [0.25, 0.3) is 0 Å². The fraction of sp³-hybridized carbons (Fsp3) is 1.00. The Morgan fingerprint density at radius 1 is 1.30 bits per heavy atom. The minimum atomic E-state index is 0.287. The van der Waals surface area contributed by atoms with Gasteiger partial charge >= 0.3 is 0 Å². The second kappa shape index (κ2) is 6.99. The molecule has 0 atom stereocenters. The Labute approximate surface area is 63.0 Å². The molecule has 0 rings (SSSR count). The van der Waals surface area contributed by atoms with Crippen molar-refractivity contribution in [2.24, 2.45) is 0 Å². The van der Waals surface area contributed by atoms with Gasteiger partial charge in [-0.1, -0.05) is 0 Å². The Bertz CT molecular complexity index is 66.6. The first-order valence-corrected chi connectivity index (χ1v) is 3.73. The number of hydrogen-bond acceptors (Lipinski definition) is 3. The average molecular weight is 146 g/mol. The van der Waals surface area contributed by atoms with Crippen LogP contribution in [-0.2, 0) is 0 Å². The first-order chi connectivity index (χ1) is 4.77. The lowest BCUT2D eigenvalue weighted by atomic mass is 10.4. The fourth-order valence-corrected chi connectivity index (χ4v) is 0.632. The quantitative estimate of drug-likeness (QED) is 0.497. The zero-order valence-corrected chi connectivity index (χ0v) is 6.93. The van der Waals surface area contributed by atoms with Crippen LogP contribution in [0.15, 0.2) is 0 Å². The van der Waals surface area contributed by atoms with Gasteiger partial charge in [-0.05, 0) is 27.1 Å². The minimum absolute atomic E-state index is 0.287. The third-order valence-electron chi connectivity index (χ3n) is 1.25. The molecule has 3 nitrogen and oxygen atoms in total. The maximum atomic E-state index is 8.42. The van der Waals surface area contributed by atoms with E-state index in [0.29, 0.717) is 0 Å². The Balaban J connectivity index is 2.77. The van der Waals surface area contributed by atoms with E-state index in [0.717, 1.165) is 26.1 Å². The Hall–Kier alpha value is -0.120. The topological polar surface area (TPSA) is 35.5 Å². The molecule has 0 spiro atoms. The van der Waals surface area contributed by atoms with Gasteiger partial charge in [0.15, 0.2) is 0 Å². The molecule has 0 aliphatic rings. The summed E-state index contributed by atoms with van der Waals surface area (Å²) < 4.78 is 0. The summed E-state index contributed by atoms with van der Waals surface area (Å²) in [5.74, 6) is 0. The van der Waals surface area contributed by atoms with Crippen LogP contribution in [0.4, 0.5) is 0 Å². The van der Waals surface area contributed by atoms with E-state index in [2.05, 4.69) is 10.2 Å². The van der Waals surface area contributed by atoms with Crippen LogP contribution in [-0.4, -0.2) is 50.3 Å². The molecule has 3 heteroatoms. The molecule has 0 aromatic carbocycles. The number of aliphatic hydroxyl groups is 1. The van der Waals surface area contributed by atoms with E-state index in [1.54, 1.807) is 0 Å². The zero-order valence-electron chi connectivity index (χ0n) is 6.93. The number of nitrogens with zero attached hydrogens (tertiary/aromatic N) is 1. The molecule has 10 heavy (non-hydrogen) atoms. The molecule has 0 heterocycles. The van der Waals surface area contributed by atoms with Gasteiger partial charge in [-0.3, -0.25) is 0 Å². The van der Waals surface area contributed by atoms with Gasteiger partial charge in [-0.15, -0.1) is 0 Å². The van der Waals surface area contributed by atoms with E-state index >= 15 is 0 Å². The molecule has 2 N–H and O–H groups in total. The maximum absolute atomic E-state index is 8.42. The van der Waals surface area contributed by atoms with Gasteiger partial charge in [0.25, 0.3) is 0 Å². The normalized spacial score (nSPS) is 10.8. The molecule has 0 bridgehead atoms. The van der Waals surface area contributed by atoms with Crippen LogP contribution in [0.3, 0.4) is 0 Å². The predicted octanol–water partition coefficient (Wildman–Crippen LogP) is -0.480. The molecular weight excluding hydrogens is 128 g/mol. The first kappa shape index (κ1) is 9.88. The van der Waals surface area contributed by atoms with Crippen molar-refractivity contribution in [2.45, 2.75) is 6.42 Å². The third kappa shape index (κ3) is 7.88. The van der Waals surface area contributed by atoms with Gasteiger partial charge < -0.3 is 15.3 Å². The lowest BCUT2D eigenvalue weighted by Crippen LogP contribution is -2.27. The SMILES string of the molecule is CN(C)CCNCCCO. The number of aliphatic hydroxyl groups excluding tert-OH is 1. The van der Waals surface area contributed by atoms with Crippen LogP contribution in [0.5, 0.6) is 0 Å².